The summed E-state index contributed by atoms with van der Waals surface area (Å²) >= 11 is 9.47. The van der Waals surface area contributed by atoms with Gasteiger partial charge < -0.3 is 4.74 Å². The molecule has 0 radical (unpaired) electrons. The number of hydrogen-bond acceptors (Lipinski definition) is 4. The van der Waals surface area contributed by atoms with E-state index in [4.69, 9.17) is 16.3 Å². The third-order valence-corrected chi connectivity index (χ3v) is 5.47. The normalized spacial score (nSPS) is 11.4. The Balaban J connectivity index is 1.73. The molecule has 0 aliphatic carbocycles. The van der Waals surface area contributed by atoms with Gasteiger partial charge in [-0.1, -0.05) is 72.6 Å². The zero-order chi connectivity index (χ0) is 23.3. The first-order valence-corrected chi connectivity index (χ1v) is 11.0. The molecule has 7 heteroatoms. The molecule has 5 nitrogen and oxygen atoms in total. The topological polar surface area (TPSA) is 67.8 Å². The quantitative estimate of drug-likeness (QED) is 0.186. The zero-order valence-corrected chi connectivity index (χ0v) is 20.2. The monoisotopic (exact) mass is 512 g/mol. The van der Waals surface area contributed by atoms with Gasteiger partial charge in [0.15, 0.2) is 0 Å². The van der Waals surface area contributed by atoms with Gasteiger partial charge in [-0.15, -0.1) is 0 Å². The molecule has 1 N–H and O–H groups in total. The molecule has 0 bridgehead atoms. The smallest absolute Gasteiger partial charge is 0.345 e. The number of benzene rings is 3. The lowest BCUT2D eigenvalue weighted by Crippen LogP contribution is -2.18. The van der Waals surface area contributed by atoms with Crippen LogP contribution in [-0.2, 0) is 5.41 Å². The SMILES string of the molecule is CC(C)(C)c1ccc(C(=O)N/N=C/c2cc(Br)ccc2OC(=O)c2ccccc2Cl)cc1. The van der Waals surface area contributed by atoms with Crippen LogP contribution in [-0.4, -0.2) is 18.1 Å². The number of ether oxygens (including phenoxy) is 1. The Hall–Kier alpha value is -2.96. The molecule has 3 rings (SSSR count). The van der Waals surface area contributed by atoms with E-state index >= 15 is 0 Å². The molecule has 0 atom stereocenters. The lowest BCUT2D eigenvalue weighted by molar-refractivity contribution is 0.0734. The maximum atomic E-state index is 12.5. The molecule has 32 heavy (non-hydrogen) atoms. The molecule has 0 aromatic heterocycles. The molecule has 0 saturated carbocycles. The highest BCUT2D eigenvalue weighted by atomic mass is 79.9. The summed E-state index contributed by atoms with van der Waals surface area (Å²) in [5.74, 6) is -0.646. The molecule has 1 amide bonds. The number of carbonyl (C=O) groups excluding carboxylic acids is 2. The fourth-order valence-electron chi connectivity index (χ4n) is 2.84. The minimum Gasteiger partial charge on any atom is -0.422 e. The minimum absolute atomic E-state index is 0.00562. The molecule has 164 valence electrons. The molecule has 0 fully saturated rings. The van der Waals surface area contributed by atoms with Crippen LogP contribution >= 0.6 is 27.5 Å². The Kier molecular flexibility index (Phi) is 7.48. The standard InChI is InChI=1S/C25H22BrClN2O3/c1-25(2,3)18-10-8-16(9-11-18)23(30)29-28-15-17-14-19(26)12-13-22(17)32-24(31)20-6-4-5-7-21(20)27/h4-15H,1-3H3,(H,29,30)/b28-15+. The number of esters is 1. The third kappa shape index (κ3) is 6.05. The van der Waals surface area contributed by atoms with E-state index < -0.39 is 5.97 Å². The molecule has 0 spiro atoms. The largest absolute Gasteiger partial charge is 0.422 e. The Morgan fingerprint density at radius 3 is 2.38 bits per heavy atom. The Labute approximate surface area is 200 Å². The average molecular weight is 514 g/mol. The van der Waals surface area contributed by atoms with Crippen LogP contribution in [0.1, 0.15) is 52.6 Å². The van der Waals surface area contributed by atoms with E-state index in [2.05, 4.69) is 47.2 Å². The van der Waals surface area contributed by atoms with Gasteiger partial charge in [-0.3, -0.25) is 4.79 Å². The van der Waals surface area contributed by atoms with E-state index in [1.54, 1.807) is 54.6 Å². The minimum atomic E-state index is -0.587. The van der Waals surface area contributed by atoms with E-state index in [1.165, 1.54) is 6.21 Å². The van der Waals surface area contributed by atoms with Crippen molar-refractivity contribution >= 4 is 45.6 Å². The first-order chi connectivity index (χ1) is 15.1. The highest BCUT2D eigenvalue weighted by Gasteiger charge is 2.15. The van der Waals surface area contributed by atoms with Gasteiger partial charge in [-0.2, -0.15) is 5.10 Å². The predicted molar refractivity (Wildman–Crippen MR) is 131 cm³/mol. The van der Waals surface area contributed by atoms with Gasteiger partial charge in [-0.25, -0.2) is 10.2 Å². The van der Waals surface area contributed by atoms with Gasteiger partial charge >= 0.3 is 5.97 Å². The summed E-state index contributed by atoms with van der Waals surface area (Å²) in [5, 5.41) is 4.33. The molecular weight excluding hydrogens is 492 g/mol. The second kappa shape index (κ2) is 10.1. The van der Waals surface area contributed by atoms with Gasteiger partial charge in [0, 0.05) is 15.6 Å². The maximum absolute atomic E-state index is 12.5. The first-order valence-electron chi connectivity index (χ1n) is 9.85. The van der Waals surface area contributed by atoms with Crippen molar-refractivity contribution in [3.63, 3.8) is 0 Å². The second-order valence-electron chi connectivity index (χ2n) is 8.08. The lowest BCUT2D eigenvalue weighted by Gasteiger charge is -2.18. The van der Waals surface area contributed by atoms with E-state index in [0.717, 1.165) is 10.0 Å². The predicted octanol–water partition coefficient (Wildman–Crippen LogP) is 6.38. The second-order valence-corrected chi connectivity index (χ2v) is 9.40. The van der Waals surface area contributed by atoms with Crippen LogP contribution in [0.4, 0.5) is 0 Å². The summed E-state index contributed by atoms with van der Waals surface area (Å²) in [5.41, 5.74) is 4.90. The van der Waals surface area contributed by atoms with Crippen molar-refractivity contribution in [2.45, 2.75) is 26.2 Å². The highest BCUT2D eigenvalue weighted by molar-refractivity contribution is 9.10. The molecule has 0 heterocycles. The Bertz CT molecular complexity index is 1170. The zero-order valence-electron chi connectivity index (χ0n) is 17.9. The molecular formula is C25H22BrClN2O3. The van der Waals surface area contributed by atoms with Gasteiger partial charge in [-0.05, 0) is 53.4 Å². The molecule has 0 saturated heterocycles. The van der Waals surface area contributed by atoms with Crippen molar-refractivity contribution in [2.24, 2.45) is 5.10 Å². The van der Waals surface area contributed by atoms with Crippen LogP contribution in [0.5, 0.6) is 5.75 Å². The summed E-state index contributed by atoms with van der Waals surface area (Å²) < 4.78 is 6.27. The van der Waals surface area contributed by atoms with Crippen molar-refractivity contribution < 1.29 is 14.3 Å². The lowest BCUT2D eigenvalue weighted by atomic mass is 9.87. The number of nitrogens with zero attached hydrogens (tertiary/aromatic N) is 1. The van der Waals surface area contributed by atoms with Gasteiger partial charge in [0.1, 0.15) is 5.75 Å². The molecule has 0 aliphatic heterocycles. The van der Waals surface area contributed by atoms with Crippen molar-refractivity contribution in [2.75, 3.05) is 0 Å². The number of halogens is 2. The number of amides is 1. The highest BCUT2D eigenvalue weighted by Crippen LogP contribution is 2.25. The summed E-state index contributed by atoms with van der Waals surface area (Å²) in [7, 11) is 0. The van der Waals surface area contributed by atoms with E-state index in [1.807, 2.05) is 12.1 Å². The number of nitrogens with one attached hydrogen (secondary N) is 1. The summed E-state index contributed by atoms with van der Waals surface area (Å²) in [6.07, 6.45) is 1.42. The van der Waals surface area contributed by atoms with Crippen LogP contribution in [0.3, 0.4) is 0 Å². The van der Waals surface area contributed by atoms with Crippen LogP contribution in [0.15, 0.2) is 76.3 Å². The fourth-order valence-corrected chi connectivity index (χ4v) is 3.43. The number of hydrogen-bond donors (Lipinski definition) is 1. The molecule has 0 unspecified atom stereocenters. The van der Waals surface area contributed by atoms with Crippen molar-refractivity contribution in [1.29, 1.82) is 0 Å². The van der Waals surface area contributed by atoms with E-state index in [9.17, 15) is 9.59 Å². The molecule has 0 aliphatic rings. The van der Waals surface area contributed by atoms with Gasteiger partial charge in [0.25, 0.3) is 5.91 Å². The summed E-state index contributed by atoms with van der Waals surface area (Å²) in [4.78, 5) is 24.9. The fraction of sp³-hybridized carbons (Fsp3) is 0.160. The maximum Gasteiger partial charge on any atom is 0.345 e. The van der Waals surface area contributed by atoms with Crippen molar-refractivity contribution in [1.82, 2.24) is 5.43 Å². The third-order valence-electron chi connectivity index (χ3n) is 4.65. The molecule has 3 aromatic carbocycles. The number of carbonyl (C=O) groups is 2. The first kappa shape index (κ1) is 23.7. The van der Waals surface area contributed by atoms with Crippen LogP contribution in [0.25, 0.3) is 0 Å². The van der Waals surface area contributed by atoms with Crippen molar-refractivity contribution in [3.05, 3.63) is 98.5 Å². The van der Waals surface area contributed by atoms with Crippen molar-refractivity contribution in [3.8, 4) is 5.75 Å². The Morgan fingerprint density at radius 1 is 1.03 bits per heavy atom. The summed E-state index contributed by atoms with van der Waals surface area (Å²) in [6.45, 7) is 6.33. The van der Waals surface area contributed by atoms with Crippen LogP contribution in [0, 0.1) is 0 Å². The Morgan fingerprint density at radius 2 is 1.72 bits per heavy atom. The molecule has 3 aromatic rings. The number of rotatable bonds is 5. The van der Waals surface area contributed by atoms with Gasteiger partial charge in [0.2, 0.25) is 0 Å². The van der Waals surface area contributed by atoms with Gasteiger partial charge in [0.05, 0.1) is 16.8 Å². The van der Waals surface area contributed by atoms with Crippen LogP contribution < -0.4 is 10.2 Å². The summed E-state index contributed by atoms with van der Waals surface area (Å²) in [6, 6.07) is 19.1. The van der Waals surface area contributed by atoms with E-state index in [-0.39, 0.29) is 22.6 Å². The van der Waals surface area contributed by atoms with E-state index in [0.29, 0.717) is 16.1 Å². The number of hydrazone groups is 1. The average Bonchev–Trinajstić information content (AvgIpc) is 2.75. The van der Waals surface area contributed by atoms with Crippen LogP contribution in [0.2, 0.25) is 5.02 Å².